The molecule has 1 aliphatic heterocycles. The van der Waals surface area contributed by atoms with E-state index in [9.17, 15) is 8.42 Å². The van der Waals surface area contributed by atoms with Gasteiger partial charge in [0, 0.05) is 31.4 Å². The lowest BCUT2D eigenvalue weighted by Gasteiger charge is -2.34. The number of hydrogen-bond acceptors (Lipinski definition) is 5. The van der Waals surface area contributed by atoms with Crippen LogP contribution in [0.3, 0.4) is 0 Å². The summed E-state index contributed by atoms with van der Waals surface area (Å²) in [5, 5.41) is 0. The zero-order chi connectivity index (χ0) is 15.1. The van der Waals surface area contributed by atoms with Crippen LogP contribution in [0.15, 0.2) is 23.1 Å². The number of hydrogen-bond donors (Lipinski definition) is 2. The number of benzene rings is 1. The Balaban J connectivity index is 2.08. The van der Waals surface area contributed by atoms with Crippen molar-refractivity contribution in [2.75, 3.05) is 26.0 Å². The second kappa shape index (κ2) is 5.08. The molecule has 0 unspecified atom stereocenters. The first-order chi connectivity index (χ1) is 9.94. The Kier molecular flexibility index (Phi) is 3.51. The predicted octanol–water partition coefficient (Wildman–Crippen LogP) is 0.973. The number of sulfone groups is 1. The number of H-pyrrole nitrogens is 1. The fraction of sp³-hybridized carbons (Fsp3) is 0.500. The molecule has 114 valence electrons. The maximum atomic E-state index is 11.6. The van der Waals surface area contributed by atoms with Gasteiger partial charge in [-0.3, -0.25) is 0 Å². The molecule has 6 nitrogen and oxygen atoms in total. The molecule has 2 heterocycles. The number of aromatic amines is 1. The average molecular weight is 309 g/mol. The molecule has 0 radical (unpaired) electrons. The summed E-state index contributed by atoms with van der Waals surface area (Å²) in [6.07, 6.45) is 2.84. The van der Waals surface area contributed by atoms with Crippen molar-refractivity contribution in [3.05, 3.63) is 24.0 Å². The van der Waals surface area contributed by atoms with Gasteiger partial charge in [0.05, 0.1) is 15.9 Å². The Morgan fingerprint density at radius 3 is 2.71 bits per heavy atom. The van der Waals surface area contributed by atoms with Gasteiger partial charge < -0.3 is 15.5 Å². The van der Waals surface area contributed by atoms with Gasteiger partial charge in [-0.25, -0.2) is 13.4 Å². The third kappa shape index (κ3) is 2.56. The zero-order valence-electron chi connectivity index (χ0n) is 11.9. The van der Waals surface area contributed by atoms with E-state index in [1.807, 2.05) is 0 Å². The Bertz CT molecular complexity index is 761. The molecule has 1 fully saturated rings. The molecule has 0 saturated carbocycles. The topological polar surface area (TPSA) is 98.1 Å². The van der Waals surface area contributed by atoms with Crippen molar-refractivity contribution < 1.29 is 13.2 Å². The van der Waals surface area contributed by atoms with Crippen LogP contribution in [0.1, 0.15) is 18.7 Å². The standard InChI is InChI=1S/C14H19N3O3S/c1-21(18,19)10-2-3-11-12(8-10)17-13(16-11)14(9-15)4-6-20-7-5-14/h2-3,8H,4-7,9,15H2,1H3,(H,16,17). The smallest absolute Gasteiger partial charge is 0.175 e. The summed E-state index contributed by atoms with van der Waals surface area (Å²) in [4.78, 5) is 8.17. The lowest BCUT2D eigenvalue weighted by atomic mass is 9.79. The van der Waals surface area contributed by atoms with E-state index in [-0.39, 0.29) is 5.41 Å². The van der Waals surface area contributed by atoms with E-state index in [0.717, 1.165) is 29.7 Å². The molecule has 3 N–H and O–H groups in total. The number of fused-ring (bicyclic) bond motifs is 1. The van der Waals surface area contributed by atoms with Crippen molar-refractivity contribution in [2.45, 2.75) is 23.2 Å². The molecule has 1 aromatic carbocycles. The van der Waals surface area contributed by atoms with Crippen LogP contribution in [0.25, 0.3) is 11.0 Å². The average Bonchev–Trinajstić information content (AvgIpc) is 2.90. The third-order valence-electron chi connectivity index (χ3n) is 4.22. The van der Waals surface area contributed by atoms with Crippen LogP contribution in [-0.4, -0.2) is 44.4 Å². The summed E-state index contributed by atoms with van der Waals surface area (Å²) in [5.74, 6) is 0.828. The Morgan fingerprint density at radius 1 is 1.38 bits per heavy atom. The number of rotatable bonds is 3. The summed E-state index contributed by atoms with van der Waals surface area (Å²) >= 11 is 0. The van der Waals surface area contributed by atoms with Gasteiger partial charge in [-0.1, -0.05) is 0 Å². The van der Waals surface area contributed by atoms with E-state index in [0.29, 0.717) is 24.7 Å². The quantitative estimate of drug-likeness (QED) is 0.880. The summed E-state index contributed by atoms with van der Waals surface area (Å²) in [6.45, 7) is 1.83. The second-order valence-corrected chi connectivity index (χ2v) is 7.65. The van der Waals surface area contributed by atoms with Crippen LogP contribution in [0.2, 0.25) is 0 Å². The van der Waals surface area contributed by atoms with Crippen LogP contribution in [0, 0.1) is 0 Å². The number of aromatic nitrogens is 2. The van der Waals surface area contributed by atoms with Crippen LogP contribution < -0.4 is 5.73 Å². The van der Waals surface area contributed by atoms with Gasteiger partial charge in [-0.05, 0) is 31.0 Å². The molecule has 0 aliphatic carbocycles. The first-order valence-corrected chi connectivity index (χ1v) is 8.82. The molecule has 21 heavy (non-hydrogen) atoms. The van der Waals surface area contributed by atoms with Crippen LogP contribution in [0.5, 0.6) is 0 Å². The highest BCUT2D eigenvalue weighted by Gasteiger charge is 2.36. The maximum Gasteiger partial charge on any atom is 0.175 e. The van der Waals surface area contributed by atoms with E-state index >= 15 is 0 Å². The summed E-state index contributed by atoms with van der Waals surface area (Å²) in [7, 11) is -3.22. The molecule has 2 aromatic rings. The van der Waals surface area contributed by atoms with E-state index in [4.69, 9.17) is 10.5 Å². The maximum absolute atomic E-state index is 11.6. The van der Waals surface area contributed by atoms with Crippen molar-refractivity contribution in [3.8, 4) is 0 Å². The molecule has 1 aromatic heterocycles. The molecular formula is C14H19N3O3S. The first-order valence-electron chi connectivity index (χ1n) is 6.93. The van der Waals surface area contributed by atoms with Crippen molar-refractivity contribution >= 4 is 20.9 Å². The normalized spacial score (nSPS) is 19.0. The molecular weight excluding hydrogens is 290 g/mol. The number of nitrogens with one attached hydrogen (secondary N) is 1. The van der Waals surface area contributed by atoms with Gasteiger partial charge in [0.2, 0.25) is 0 Å². The fourth-order valence-corrected chi connectivity index (χ4v) is 3.42. The molecule has 0 spiro atoms. The number of nitrogens with two attached hydrogens (primary N) is 1. The van der Waals surface area contributed by atoms with E-state index < -0.39 is 9.84 Å². The molecule has 1 saturated heterocycles. The monoisotopic (exact) mass is 309 g/mol. The van der Waals surface area contributed by atoms with Crippen molar-refractivity contribution in [3.63, 3.8) is 0 Å². The largest absolute Gasteiger partial charge is 0.381 e. The molecule has 7 heteroatoms. The molecule has 0 amide bonds. The molecule has 0 bridgehead atoms. The van der Waals surface area contributed by atoms with Crippen LogP contribution in [0.4, 0.5) is 0 Å². The van der Waals surface area contributed by atoms with E-state index in [1.54, 1.807) is 18.2 Å². The van der Waals surface area contributed by atoms with Gasteiger partial charge in [-0.2, -0.15) is 0 Å². The van der Waals surface area contributed by atoms with Crippen molar-refractivity contribution in [1.29, 1.82) is 0 Å². The third-order valence-corrected chi connectivity index (χ3v) is 5.33. The van der Waals surface area contributed by atoms with Gasteiger partial charge in [0.1, 0.15) is 5.82 Å². The Morgan fingerprint density at radius 2 is 2.10 bits per heavy atom. The SMILES string of the molecule is CS(=O)(=O)c1ccc2nc(C3(CN)CCOCC3)[nH]c2c1. The summed E-state index contributed by atoms with van der Waals surface area (Å²) in [5.41, 5.74) is 7.26. The Hall–Kier alpha value is -1.44. The first kappa shape index (κ1) is 14.5. The second-order valence-electron chi connectivity index (χ2n) is 5.63. The van der Waals surface area contributed by atoms with Crippen LogP contribution >= 0.6 is 0 Å². The molecule has 3 rings (SSSR count). The van der Waals surface area contributed by atoms with Crippen molar-refractivity contribution in [2.24, 2.45) is 5.73 Å². The number of imidazole rings is 1. The zero-order valence-corrected chi connectivity index (χ0v) is 12.7. The minimum Gasteiger partial charge on any atom is -0.381 e. The fourth-order valence-electron chi connectivity index (χ4n) is 2.77. The highest BCUT2D eigenvalue weighted by Crippen LogP contribution is 2.33. The minimum atomic E-state index is -3.22. The van der Waals surface area contributed by atoms with Crippen LogP contribution in [-0.2, 0) is 20.0 Å². The minimum absolute atomic E-state index is 0.206. The lowest BCUT2D eigenvalue weighted by molar-refractivity contribution is 0.0503. The summed E-state index contributed by atoms with van der Waals surface area (Å²) in [6, 6.07) is 4.95. The van der Waals surface area contributed by atoms with Gasteiger partial charge in [-0.15, -0.1) is 0 Å². The van der Waals surface area contributed by atoms with Gasteiger partial charge in [0.25, 0.3) is 0 Å². The lowest BCUT2D eigenvalue weighted by Crippen LogP contribution is -2.41. The molecule has 1 aliphatic rings. The number of nitrogens with zero attached hydrogens (tertiary/aromatic N) is 1. The van der Waals surface area contributed by atoms with Crippen molar-refractivity contribution in [1.82, 2.24) is 9.97 Å². The number of ether oxygens (including phenoxy) is 1. The van der Waals surface area contributed by atoms with E-state index in [1.165, 1.54) is 6.26 Å². The predicted molar refractivity (Wildman–Crippen MR) is 80.0 cm³/mol. The highest BCUT2D eigenvalue weighted by molar-refractivity contribution is 7.90. The molecule has 0 atom stereocenters. The highest BCUT2D eigenvalue weighted by atomic mass is 32.2. The Labute approximate surface area is 123 Å². The summed E-state index contributed by atoms with van der Waals surface area (Å²) < 4.78 is 28.7. The van der Waals surface area contributed by atoms with Gasteiger partial charge >= 0.3 is 0 Å². The van der Waals surface area contributed by atoms with Gasteiger partial charge in [0.15, 0.2) is 9.84 Å². The van der Waals surface area contributed by atoms with E-state index in [2.05, 4.69) is 9.97 Å².